The van der Waals surface area contributed by atoms with Gasteiger partial charge in [0.25, 0.3) is 11.6 Å². The third-order valence-corrected chi connectivity index (χ3v) is 4.24. The lowest BCUT2D eigenvalue weighted by Gasteiger charge is -2.10. The number of carbonyl (C=O) groups is 1. The maximum Gasteiger partial charge on any atom is 0.272 e. The molecule has 0 aliphatic carbocycles. The molecule has 1 amide bonds. The van der Waals surface area contributed by atoms with Crippen molar-refractivity contribution in [3.8, 4) is 0 Å². The van der Waals surface area contributed by atoms with Crippen LogP contribution in [0.5, 0.6) is 0 Å². The Balaban J connectivity index is 2.20. The number of carbonyl (C=O) groups excluding carboxylic acids is 1. The monoisotopic (exact) mass is 366 g/mol. The van der Waals surface area contributed by atoms with E-state index in [0.717, 1.165) is 23.9 Å². The number of halogens is 1. The molecule has 0 heterocycles. The summed E-state index contributed by atoms with van der Waals surface area (Å²) in [5.41, 5.74) is 0.181. The van der Waals surface area contributed by atoms with E-state index >= 15 is 0 Å². The van der Waals surface area contributed by atoms with E-state index in [1.54, 1.807) is 0 Å². The maximum absolute atomic E-state index is 12.9. The van der Waals surface area contributed by atoms with Crippen molar-refractivity contribution in [3.63, 3.8) is 0 Å². The highest BCUT2D eigenvalue weighted by molar-refractivity contribution is 7.99. The van der Waals surface area contributed by atoms with E-state index in [1.165, 1.54) is 30.3 Å². The van der Waals surface area contributed by atoms with E-state index in [2.05, 4.69) is 5.32 Å². The summed E-state index contributed by atoms with van der Waals surface area (Å²) in [4.78, 5) is 23.1. The Morgan fingerprint density at radius 3 is 2.56 bits per heavy atom. The molecule has 0 aliphatic heterocycles. The van der Waals surface area contributed by atoms with Crippen molar-refractivity contribution in [1.29, 1.82) is 0 Å². The minimum Gasteiger partial charge on any atom is -0.394 e. The van der Waals surface area contributed by atoms with Gasteiger partial charge in [-0.05, 0) is 30.3 Å². The summed E-state index contributed by atoms with van der Waals surface area (Å²) in [6.07, 6.45) is -0.957. The van der Waals surface area contributed by atoms with Crippen LogP contribution < -0.4 is 5.32 Å². The van der Waals surface area contributed by atoms with Gasteiger partial charge in [-0.3, -0.25) is 14.9 Å². The molecule has 0 radical (unpaired) electrons. The Morgan fingerprint density at radius 2 is 1.96 bits per heavy atom. The van der Waals surface area contributed by atoms with Crippen LogP contribution in [0, 0.1) is 15.9 Å². The summed E-state index contributed by atoms with van der Waals surface area (Å²) < 4.78 is 12.9. The topological polar surface area (TPSA) is 113 Å². The van der Waals surface area contributed by atoms with Gasteiger partial charge in [-0.2, -0.15) is 0 Å². The summed E-state index contributed by atoms with van der Waals surface area (Å²) in [6, 6.07) is 8.91. The van der Waals surface area contributed by atoms with Crippen LogP contribution >= 0.6 is 11.8 Å². The van der Waals surface area contributed by atoms with Crippen molar-refractivity contribution < 1.29 is 24.3 Å². The second kappa shape index (κ2) is 8.56. The highest BCUT2D eigenvalue weighted by Crippen LogP contribution is 2.28. The minimum absolute atomic E-state index is 0.142. The Labute approximate surface area is 146 Å². The molecule has 2 rings (SSSR count). The van der Waals surface area contributed by atoms with Gasteiger partial charge >= 0.3 is 0 Å². The number of non-ortho nitro benzene ring substituents is 1. The van der Waals surface area contributed by atoms with Crippen molar-refractivity contribution in [1.82, 2.24) is 0 Å². The molecule has 0 unspecified atom stereocenters. The van der Waals surface area contributed by atoms with Gasteiger partial charge in [0.2, 0.25) is 0 Å². The van der Waals surface area contributed by atoms with Gasteiger partial charge in [-0.15, -0.1) is 11.8 Å². The van der Waals surface area contributed by atoms with Gasteiger partial charge in [0, 0.05) is 34.0 Å². The zero-order valence-electron chi connectivity index (χ0n) is 12.9. The average molecular weight is 366 g/mol. The van der Waals surface area contributed by atoms with E-state index in [1.807, 2.05) is 0 Å². The predicted molar refractivity (Wildman–Crippen MR) is 91.3 cm³/mol. The van der Waals surface area contributed by atoms with Crippen molar-refractivity contribution in [2.24, 2.45) is 0 Å². The van der Waals surface area contributed by atoms with Crippen LogP contribution in [0.25, 0.3) is 0 Å². The minimum atomic E-state index is -0.957. The number of rotatable bonds is 7. The Kier molecular flexibility index (Phi) is 6.45. The number of amides is 1. The third-order valence-electron chi connectivity index (χ3n) is 3.12. The smallest absolute Gasteiger partial charge is 0.272 e. The molecule has 0 aromatic heterocycles. The van der Waals surface area contributed by atoms with Gasteiger partial charge < -0.3 is 15.5 Å². The number of aliphatic hydroxyl groups is 2. The van der Waals surface area contributed by atoms with Crippen LogP contribution in [0.2, 0.25) is 0 Å². The van der Waals surface area contributed by atoms with E-state index in [9.17, 15) is 24.4 Å². The molecule has 132 valence electrons. The van der Waals surface area contributed by atoms with Crippen molar-refractivity contribution in [2.75, 3.05) is 17.7 Å². The summed E-state index contributed by atoms with van der Waals surface area (Å²) in [5, 5.41) is 31.8. The molecular weight excluding hydrogens is 351 g/mol. The number of hydrogen-bond donors (Lipinski definition) is 3. The first-order valence-corrected chi connectivity index (χ1v) is 8.15. The van der Waals surface area contributed by atoms with Crippen molar-refractivity contribution >= 4 is 29.0 Å². The molecule has 1 atom stereocenters. The lowest BCUT2D eigenvalue weighted by atomic mass is 10.2. The fourth-order valence-corrected chi connectivity index (χ4v) is 2.80. The normalized spacial score (nSPS) is 11.8. The number of nitro benzene ring substituents is 1. The van der Waals surface area contributed by atoms with Gasteiger partial charge in [0.05, 0.1) is 17.6 Å². The van der Waals surface area contributed by atoms with Crippen LogP contribution in [0.1, 0.15) is 10.4 Å². The van der Waals surface area contributed by atoms with E-state index in [-0.39, 0.29) is 22.7 Å². The highest BCUT2D eigenvalue weighted by atomic mass is 32.2. The van der Waals surface area contributed by atoms with Crippen LogP contribution in [0.4, 0.5) is 15.8 Å². The van der Waals surface area contributed by atoms with Crippen LogP contribution in [0.3, 0.4) is 0 Å². The second-order valence-electron chi connectivity index (χ2n) is 5.08. The standard InChI is InChI=1S/C16H15FN2O5S/c17-11-3-1-10(2-4-11)16(22)18-12-5-13(19(23)24)7-15(6-12)25-9-14(21)8-20/h1-7,14,20-21H,8-9H2,(H,18,22)/t14-/m0/s1. The summed E-state index contributed by atoms with van der Waals surface area (Å²) in [6.45, 7) is -0.421. The number of nitro groups is 1. The Bertz CT molecular complexity index is 770. The molecule has 0 aliphatic rings. The molecule has 9 heteroatoms. The SMILES string of the molecule is O=C(Nc1cc(SC[C@@H](O)CO)cc([N+](=O)[O-])c1)c1ccc(F)cc1. The van der Waals surface area contributed by atoms with Crippen LogP contribution in [0.15, 0.2) is 47.4 Å². The quantitative estimate of drug-likeness (QED) is 0.394. The number of aliphatic hydroxyl groups excluding tert-OH is 2. The first-order chi connectivity index (χ1) is 11.9. The fourth-order valence-electron chi connectivity index (χ4n) is 1.89. The number of nitrogens with zero attached hydrogens (tertiary/aromatic N) is 1. The van der Waals surface area contributed by atoms with E-state index in [0.29, 0.717) is 4.90 Å². The molecule has 2 aromatic rings. The molecule has 0 bridgehead atoms. The molecule has 25 heavy (non-hydrogen) atoms. The number of anilines is 1. The molecule has 7 nitrogen and oxygen atoms in total. The molecule has 2 aromatic carbocycles. The number of benzene rings is 2. The fraction of sp³-hybridized carbons (Fsp3) is 0.188. The summed E-state index contributed by atoms with van der Waals surface area (Å²) in [5.74, 6) is -0.872. The second-order valence-corrected chi connectivity index (χ2v) is 6.17. The highest BCUT2D eigenvalue weighted by Gasteiger charge is 2.14. The van der Waals surface area contributed by atoms with Gasteiger partial charge in [0.15, 0.2) is 0 Å². The maximum atomic E-state index is 12.9. The Hall–Kier alpha value is -2.49. The lowest BCUT2D eigenvalue weighted by molar-refractivity contribution is -0.385. The Morgan fingerprint density at radius 1 is 1.28 bits per heavy atom. The molecule has 0 spiro atoms. The number of thioether (sulfide) groups is 1. The van der Waals surface area contributed by atoms with Gasteiger partial charge in [-0.1, -0.05) is 0 Å². The molecular formula is C16H15FN2O5S. The molecule has 3 N–H and O–H groups in total. The first kappa shape index (κ1) is 18.8. The largest absolute Gasteiger partial charge is 0.394 e. The lowest BCUT2D eigenvalue weighted by Crippen LogP contribution is -2.14. The third kappa shape index (κ3) is 5.52. The summed E-state index contributed by atoms with van der Waals surface area (Å²) >= 11 is 1.11. The number of nitrogens with one attached hydrogen (secondary N) is 1. The van der Waals surface area contributed by atoms with Crippen molar-refractivity contribution in [2.45, 2.75) is 11.0 Å². The van der Waals surface area contributed by atoms with Crippen LogP contribution in [-0.2, 0) is 0 Å². The average Bonchev–Trinajstić information content (AvgIpc) is 2.59. The molecule has 0 fully saturated rings. The van der Waals surface area contributed by atoms with Crippen LogP contribution in [-0.4, -0.2) is 39.5 Å². The number of hydrogen-bond acceptors (Lipinski definition) is 6. The first-order valence-electron chi connectivity index (χ1n) is 7.17. The zero-order valence-corrected chi connectivity index (χ0v) is 13.7. The van der Waals surface area contributed by atoms with Crippen molar-refractivity contribution in [3.05, 3.63) is 64.0 Å². The predicted octanol–water partition coefficient (Wildman–Crippen LogP) is 2.43. The van der Waals surface area contributed by atoms with Gasteiger partial charge in [-0.25, -0.2) is 4.39 Å². The van der Waals surface area contributed by atoms with E-state index in [4.69, 9.17) is 5.11 Å². The zero-order chi connectivity index (χ0) is 18.4. The molecule has 0 saturated carbocycles. The summed E-state index contributed by atoms with van der Waals surface area (Å²) in [7, 11) is 0. The van der Waals surface area contributed by atoms with E-state index < -0.39 is 29.4 Å². The molecule has 0 saturated heterocycles. The van der Waals surface area contributed by atoms with Gasteiger partial charge in [0.1, 0.15) is 5.82 Å².